The van der Waals surface area contributed by atoms with Crippen LogP contribution in [0.15, 0.2) is 70.9 Å². The quantitative estimate of drug-likeness (QED) is 0.725. The average molecular weight is 316 g/mol. The molecule has 2 aliphatic carbocycles. The summed E-state index contributed by atoms with van der Waals surface area (Å²) < 4.78 is 0. The van der Waals surface area contributed by atoms with Crippen molar-refractivity contribution in [1.29, 1.82) is 0 Å². The lowest BCUT2D eigenvalue weighted by Crippen LogP contribution is -2.47. The van der Waals surface area contributed by atoms with Gasteiger partial charge >= 0.3 is 0 Å². The zero-order valence-corrected chi connectivity index (χ0v) is 14.4. The minimum atomic E-state index is -0.151. The zero-order chi connectivity index (χ0) is 16.4. The molecule has 1 aliphatic heterocycles. The molecule has 1 heterocycles. The van der Waals surface area contributed by atoms with Crippen molar-refractivity contribution in [3.63, 3.8) is 0 Å². The van der Waals surface area contributed by atoms with Gasteiger partial charge in [0.15, 0.2) is 0 Å². The summed E-state index contributed by atoms with van der Waals surface area (Å²) in [5, 5.41) is 9.98. The molecule has 24 heavy (non-hydrogen) atoms. The number of hydrogen-bond donors (Lipinski definition) is 0. The Hall–Kier alpha value is -1.96. The van der Waals surface area contributed by atoms with Crippen LogP contribution in [0.1, 0.15) is 37.8 Å². The molecule has 0 saturated heterocycles. The lowest BCUT2D eigenvalue weighted by molar-refractivity contribution is 0.0898. The summed E-state index contributed by atoms with van der Waals surface area (Å²) in [5.41, 5.74) is 2.61. The molecule has 2 bridgehead atoms. The molecule has 2 nitrogen and oxygen atoms in total. The largest absolute Gasteiger partial charge is 0.186 e. The fourth-order valence-electron chi connectivity index (χ4n) is 6.03. The normalized spacial score (nSPS) is 41.9. The van der Waals surface area contributed by atoms with Crippen molar-refractivity contribution in [2.24, 2.45) is 27.5 Å². The zero-order valence-electron chi connectivity index (χ0n) is 14.4. The molecule has 2 saturated carbocycles. The lowest BCUT2D eigenvalue weighted by Gasteiger charge is -2.45. The van der Waals surface area contributed by atoms with Crippen molar-refractivity contribution in [2.75, 3.05) is 0 Å². The fourth-order valence-corrected chi connectivity index (χ4v) is 6.03. The van der Waals surface area contributed by atoms with Gasteiger partial charge in [-0.05, 0) is 49.1 Å². The lowest BCUT2D eigenvalue weighted by atomic mass is 9.60. The molecule has 2 fully saturated rings. The molecule has 122 valence electrons. The molecule has 0 N–H and O–H groups in total. The van der Waals surface area contributed by atoms with Crippen LogP contribution in [0.3, 0.4) is 0 Å². The van der Waals surface area contributed by atoms with Crippen LogP contribution in [-0.4, -0.2) is 5.54 Å². The number of benzene rings is 2. The first-order valence-electron chi connectivity index (χ1n) is 9.15. The van der Waals surface area contributed by atoms with Gasteiger partial charge in [-0.25, -0.2) is 0 Å². The van der Waals surface area contributed by atoms with Gasteiger partial charge in [-0.1, -0.05) is 67.6 Å². The topological polar surface area (TPSA) is 24.7 Å². The Morgan fingerprint density at radius 1 is 0.833 bits per heavy atom. The molecule has 2 aromatic rings. The molecule has 0 aromatic heterocycles. The number of hydrogen-bond acceptors (Lipinski definition) is 2. The fraction of sp³-hybridized carbons (Fsp3) is 0.455. The maximum Gasteiger partial charge on any atom is 0.118 e. The Morgan fingerprint density at radius 3 is 2.08 bits per heavy atom. The van der Waals surface area contributed by atoms with E-state index in [1.807, 2.05) is 0 Å². The van der Waals surface area contributed by atoms with E-state index in [1.54, 1.807) is 0 Å². The highest BCUT2D eigenvalue weighted by atomic mass is 15.3. The number of fused-ring (bicyclic) bond motifs is 5. The highest BCUT2D eigenvalue weighted by Gasteiger charge is 2.78. The highest BCUT2D eigenvalue weighted by molar-refractivity contribution is 5.42. The van der Waals surface area contributed by atoms with Crippen LogP contribution in [0.4, 0.5) is 0 Å². The molecule has 0 spiro atoms. The van der Waals surface area contributed by atoms with E-state index < -0.39 is 0 Å². The number of rotatable bonds is 3. The van der Waals surface area contributed by atoms with Crippen molar-refractivity contribution in [1.82, 2.24) is 0 Å². The molecular weight excluding hydrogens is 292 g/mol. The summed E-state index contributed by atoms with van der Waals surface area (Å²) in [4.78, 5) is 0. The van der Waals surface area contributed by atoms with Crippen molar-refractivity contribution >= 4 is 0 Å². The van der Waals surface area contributed by atoms with Crippen LogP contribution < -0.4 is 0 Å². The molecule has 0 amide bonds. The van der Waals surface area contributed by atoms with Crippen molar-refractivity contribution in [2.45, 2.75) is 44.2 Å². The van der Waals surface area contributed by atoms with Crippen molar-refractivity contribution in [3.8, 4) is 0 Å². The average Bonchev–Trinajstić information content (AvgIpc) is 2.83. The first-order valence-corrected chi connectivity index (χ1v) is 9.15. The Labute approximate surface area is 144 Å². The maximum absolute atomic E-state index is 5.03. The van der Waals surface area contributed by atoms with Crippen LogP contribution in [-0.2, 0) is 12.0 Å². The van der Waals surface area contributed by atoms with E-state index in [0.29, 0.717) is 11.8 Å². The molecule has 2 aromatic carbocycles. The summed E-state index contributed by atoms with van der Waals surface area (Å²) >= 11 is 0. The molecule has 5 unspecified atom stereocenters. The van der Waals surface area contributed by atoms with E-state index in [0.717, 1.165) is 6.42 Å². The second kappa shape index (κ2) is 4.56. The van der Waals surface area contributed by atoms with Gasteiger partial charge in [-0.15, -0.1) is 0 Å². The van der Waals surface area contributed by atoms with Crippen LogP contribution in [0.5, 0.6) is 0 Å². The van der Waals surface area contributed by atoms with Gasteiger partial charge in [0.25, 0.3) is 0 Å². The third-order valence-corrected chi connectivity index (χ3v) is 7.52. The second-order valence-electron chi connectivity index (χ2n) is 8.26. The first kappa shape index (κ1) is 14.4. The van der Waals surface area contributed by atoms with Crippen LogP contribution in [0.25, 0.3) is 0 Å². The van der Waals surface area contributed by atoms with Gasteiger partial charge in [0, 0.05) is 5.41 Å². The minimum Gasteiger partial charge on any atom is -0.186 e. The van der Waals surface area contributed by atoms with Crippen LogP contribution in [0.2, 0.25) is 0 Å². The maximum atomic E-state index is 5.03. The molecule has 2 heteroatoms. The minimum absolute atomic E-state index is 0.0362. The second-order valence-corrected chi connectivity index (χ2v) is 8.26. The smallest absolute Gasteiger partial charge is 0.118 e. The van der Waals surface area contributed by atoms with Crippen LogP contribution in [0, 0.1) is 17.3 Å². The highest BCUT2D eigenvalue weighted by Crippen LogP contribution is 2.76. The number of azo groups is 1. The Kier molecular flexibility index (Phi) is 2.73. The van der Waals surface area contributed by atoms with Gasteiger partial charge < -0.3 is 0 Å². The summed E-state index contributed by atoms with van der Waals surface area (Å²) in [7, 11) is 0. The monoisotopic (exact) mass is 316 g/mol. The van der Waals surface area contributed by atoms with Crippen molar-refractivity contribution in [3.05, 3.63) is 71.8 Å². The van der Waals surface area contributed by atoms with Gasteiger partial charge in [0.2, 0.25) is 0 Å². The molecule has 5 rings (SSSR count). The van der Waals surface area contributed by atoms with E-state index in [1.165, 1.54) is 24.0 Å². The molecule has 3 aliphatic rings. The third kappa shape index (κ3) is 1.44. The van der Waals surface area contributed by atoms with E-state index >= 15 is 0 Å². The Balaban J connectivity index is 1.70. The Bertz CT molecular complexity index is 799. The predicted octanol–water partition coefficient (Wildman–Crippen LogP) is 5.40. The summed E-state index contributed by atoms with van der Waals surface area (Å²) in [6, 6.07) is 21.9. The summed E-state index contributed by atoms with van der Waals surface area (Å²) in [6.07, 6.45) is 3.64. The van der Waals surface area contributed by atoms with Gasteiger partial charge in [-0.3, -0.25) is 0 Å². The van der Waals surface area contributed by atoms with E-state index in [2.05, 4.69) is 74.5 Å². The van der Waals surface area contributed by atoms with E-state index in [4.69, 9.17) is 10.2 Å². The summed E-state index contributed by atoms with van der Waals surface area (Å²) in [5.74, 6) is 1.33. The van der Waals surface area contributed by atoms with E-state index in [-0.39, 0.29) is 16.5 Å². The molecule has 5 atom stereocenters. The van der Waals surface area contributed by atoms with Gasteiger partial charge in [0.1, 0.15) is 5.54 Å². The SMILES string of the molecule is CC12N=NC(c3ccccc3)(C3CCC31)C2(C)Cc1ccccc1. The third-order valence-electron chi connectivity index (χ3n) is 7.52. The molecule has 0 radical (unpaired) electrons. The molecular formula is C22H24N2. The van der Waals surface area contributed by atoms with Crippen LogP contribution >= 0.6 is 0 Å². The standard InChI is InChI=1S/C22H24N2/c1-20(15-16-9-5-3-6-10-16)21(2)18-13-14-19(18)22(20,24-23-21)17-11-7-4-8-12-17/h3-12,18-19H,13-15H2,1-2H3. The van der Waals surface area contributed by atoms with Gasteiger partial charge in [0.05, 0.1) is 5.54 Å². The summed E-state index contributed by atoms with van der Waals surface area (Å²) in [6.45, 7) is 4.82. The van der Waals surface area contributed by atoms with Gasteiger partial charge in [-0.2, -0.15) is 10.2 Å². The van der Waals surface area contributed by atoms with Crippen molar-refractivity contribution < 1.29 is 0 Å². The predicted molar refractivity (Wildman–Crippen MR) is 95.8 cm³/mol. The Morgan fingerprint density at radius 2 is 1.46 bits per heavy atom. The van der Waals surface area contributed by atoms with E-state index in [9.17, 15) is 0 Å². The first-order chi connectivity index (χ1) is 11.6. The number of nitrogens with zero attached hydrogens (tertiary/aromatic N) is 2.